The highest BCUT2D eigenvalue weighted by Crippen LogP contribution is 2.41. The van der Waals surface area contributed by atoms with E-state index >= 15 is 0 Å². The monoisotopic (exact) mass is 278 g/mol. The first-order valence-corrected chi connectivity index (χ1v) is 7.96. The molecule has 1 aromatic carbocycles. The van der Waals surface area contributed by atoms with Crippen molar-refractivity contribution < 1.29 is 0 Å². The molecular weight excluding hydrogens is 256 g/mol. The zero-order valence-corrected chi connectivity index (χ0v) is 12.3. The van der Waals surface area contributed by atoms with E-state index in [1.54, 1.807) is 0 Å². The van der Waals surface area contributed by atoms with Crippen LogP contribution in [-0.2, 0) is 6.42 Å². The second kappa shape index (κ2) is 5.19. The summed E-state index contributed by atoms with van der Waals surface area (Å²) in [7, 11) is 0. The van der Waals surface area contributed by atoms with Gasteiger partial charge in [0.25, 0.3) is 0 Å². The molecule has 1 aliphatic heterocycles. The van der Waals surface area contributed by atoms with Gasteiger partial charge in [-0.1, -0.05) is 42.5 Å². The van der Waals surface area contributed by atoms with Gasteiger partial charge in [0.1, 0.15) is 0 Å². The third kappa shape index (κ3) is 2.34. The average Bonchev–Trinajstić information content (AvgIpc) is 3.17. The molecule has 2 aliphatic rings. The summed E-state index contributed by atoms with van der Waals surface area (Å²) in [5, 5.41) is 6.28. The predicted octanol–water partition coefficient (Wildman–Crippen LogP) is 1.82. The van der Waals surface area contributed by atoms with Crippen LogP contribution in [0.15, 0.2) is 42.6 Å². The molecule has 2 nitrogen and oxygen atoms in total. The van der Waals surface area contributed by atoms with Crippen LogP contribution in [0.1, 0.15) is 18.4 Å². The van der Waals surface area contributed by atoms with E-state index in [0.717, 1.165) is 13.1 Å². The van der Waals surface area contributed by atoms with Crippen molar-refractivity contribution in [1.82, 2.24) is 10.3 Å². The van der Waals surface area contributed by atoms with E-state index in [-0.39, 0.29) is 0 Å². The summed E-state index contributed by atoms with van der Waals surface area (Å²) in [4.78, 5) is 3.38. The van der Waals surface area contributed by atoms with E-state index in [1.165, 1.54) is 35.4 Å². The van der Waals surface area contributed by atoms with E-state index in [0.29, 0.717) is 11.3 Å². The van der Waals surface area contributed by atoms with Gasteiger partial charge < -0.3 is 10.3 Å². The maximum atomic E-state index is 3.60. The van der Waals surface area contributed by atoms with Crippen molar-refractivity contribution in [3.63, 3.8) is 0 Å². The van der Waals surface area contributed by atoms with Crippen molar-refractivity contribution in [2.75, 3.05) is 13.1 Å². The average molecular weight is 278 g/mol. The first-order chi connectivity index (χ1) is 10.4. The highest BCUT2D eigenvalue weighted by atomic mass is 14.9. The van der Waals surface area contributed by atoms with Gasteiger partial charge in [0.05, 0.1) is 0 Å². The summed E-state index contributed by atoms with van der Waals surface area (Å²) in [6.45, 7) is 2.28. The summed E-state index contributed by atoms with van der Waals surface area (Å²) < 4.78 is 0. The van der Waals surface area contributed by atoms with Crippen LogP contribution in [0.4, 0.5) is 0 Å². The number of rotatable bonds is 3. The summed E-state index contributed by atoms with van der Waals surface area (Å²) in [6, 6.07) is 13.1. The van der Waals surface area contributed by atoms with Crippen molar-refractivity contribution in [2.24, 2.45) is 11.3 Å². The van der Waals surface area contributed by atoms with Crippen LogP contribution < -0.4 is 15.9 Å². The number of aromatic nitrogens is 1. The fourth-order valence-corrected chi connectivity index (χ4v) is 4.03. The minimum Gasteiger partial charge on any atom is -0.361 e. The van der Waals surface area contributed by atoms with E-state index in [9.17, 15) is 0 Å². The Morgan fingerprint density at radius 1 is 1.14 bits per heavy atom. The largest absolute Gasteiger partial charge is 0.361 e. The molecule has 1 aromatic heterocycles. The van der Waals surface area contributed by atoms with E-state index < -0.39 is 0 Å². The number of hydrogen-bond acceptors (Lipinski definition) is 1. The quantitative estimate of drug-likeness (QED) is 0.880. The van der Waals surface area contributed by atoms with Crippen molar-refractivity contribution in [1.29, 1.82) is 0 Å². The molecule has 0 spiro atoms. The molecule has 21 heavy (non-hydrogen) atoms. The summed E-state index contributed by atoms with van der Waals surface area (Å²) in [5.74, 6) is 0.624. The molecule has 1 fully saturated rings. The first kappa shape index (κ1) is 12.9. The van der Waals surface area contributed by atoms with Crippen LogP contribution in [0, 0.1) is 11.3 Å². The predicted molar refractivity (Wildman–Crippen MR) is 87.1 cm³/mol. The molecule has 4 rings (SSSR count). The maximum Gasteiger partial charge on any atom is 0.0413 e. The minimum atomic E-state index is 0.362. The summed E-state index contributed by atoms with van der Waals surface area (Å²) >= 11 is 0. The summed E-state index contributed by atoms with van der Waals surface area (Å²) in [6.07, 6.45) is 10.5. The van der Waals surface area contributed by atoms with Gasteiger partial charge in [0, 0.05) is 18.1 Å². The lowest BCUT2D eigenvalue weighted by molar-refractivity contribution is 0.241. The molecule has 1 aliphatic carbocycles. The van der Waals surface area contributed by atoms with Crippen LogP contribution in [-0.4, -0.2) is 18.1 Å². The van der Waals surface area contributed by atoms with E-state index in [2.05, 4.69) is 65.0 Å². The topological polar surface area (TPSA) is 27.8 Å². The SMILES string of the molecule is C1=c2cc[nH]c2=CC([C@@]2(Cc3ccccc3)CCNC2)C1. The van der Waals surface area contributed by atoms with Crippen molar-refractivity contribution in [2.45, 2.75) is 19.3 Å². The van der Waals surface area contributed by atoms with Crippen LogP contribution in [0.2, 0.25) is 0 Å². The molecule has 2 heteroatoms. The van der Waals surface area contributed by atoms with Crippen molar-refractivity contribution in [3.8, 4) is 0 Å². The molecule has 2 heterocycles. The Hall–Kier alpha value is -1.80. The molecule has 1 saturated heterocycles. The third-order valence-electron chi connectivity index (χ3n) is 5.23. The van der Waals surface area contributed by atoms with Gasteiger partial charge in [-0.3, -0.25) is 0 Å². The molecule has 0 radical (unpaired) electrons. The van der Waals surface area contributed by atoms with E-state index in [1.807, 2.05) is 0 Å². The number of aromatic amines is 1. The third-order valence-corrected chi connectivity index (χ3v) is 5.23. The normalized spacial score (nSPS) is 27.7. The first-order valence-electron chi connectivity index (χ1n) is 7.96. The number of nitrogens with one attached hydrogen (secondary N) is 2. The second-order valence-electron chi connectivity index (χ2n) is 6.51. The van der Waals surface area contributed by atoms with Crippen molar-refractivity contribution in [3.05, 3.63) is 58.7 Å². The van der Waals surface area contributed by atoms with Crippen LogP contribution in [0.5, 0.6) is 0 Å². The highest BCUT2D eigenvalue weighted by molar-refractivity contribution is 5.41. The van der Waals surface area contributed by atoms with E-state index in [4.69, 9.17) is 0 Å². The number of fused-ring (bicyclic) bond motifs is 1. The lowest BCUT2D eigenvalue weighted by Crippen LogP contribution is -2.39. The van der Waals surface area contributed by atoms with Gasteiger partial charge in [-0.2, -0.15) is 0 Å². The van der Waals surface area contributed by atoms with Crippen molar-refractivity contribution >= 4 is 12.2 Å². The Morgan fingerprint density at radius 3 is 2.86 bits per heavy atom. The number of H-pyrrole nitrogens is 1. The molecule has 0 saturated carbocycles. The van der Waals surface area contributed by atoms with Gasteiger partial charge >= 0.3 is 0 Å². The molecular formula is C19H22N2. The molecule has 108 valence electrons. The molecule has 1 unspecified atom stereocenters. The van der Waals surface area contributed by atoms with Gasteiger partial charge in [-0.25, -0.2) is 0 Å². The Morgan fingerprint density at radius 2 is 2.05 bits per heavy atom. The van der Waals surface area contributed by atoms with Crippen LogP contribution in [0.3, 0.4) is 0 Å². The smallest absolute Gasteiger partial charge is 0.0413 e. The van der Waals surface area contributed by atoms with Gasteiger partial charge in [0.15, 0.2) is 0 Å². The second-order valence-corrected chi connectivity index (χ2v) is 6.51. The Labute approximate surface area is 125 Å². The molecule has 2 aromatic rings. The highest BCUT2D eigenvalue weighted by Gasteiger charge is 2.40. The minimum absolute atomic E-state index is 0.362. The fraction of sp³-hybridized carbons (Fsp3) is 0.368. The Kier molecular flexibility index (Phi) is 3.19. The molecule has 2 atom stereocenters. The van der Waals surface area contributed by atoms with Gasteiger partial charge in [-0.15, -0.1) is 0 Å². The molecule has 2 N–H and O–H groups in total. The zero-order valence-electron chi connectivity index (χ0n) is 12.3. The van der Waals surface area contributed by atoms with Crippen LogP contribution in [0.25, 0.3) is 12.2 Å². The molecule has 0 amide bonds. The standard InChI is InChI=1S/C19H22N2/c1-2-4-15(5-3-1)13-19(9-11-20-14-19)17-7-6-16-8-10-21-18(16)12-17/h1-6,8,10,12,17,20-21H,7,9,11,13-14H2/t17?,19-/m1/s1. The Bertz CT molecular complexity index is 720. The number of benzene rings is 1. The van der Waals surface area contributed by atoms with Gasteiger partial charge in [0.2, 0.25) is 0 Å². The van der Waals surface area contributed by atoms with Crippen LogP contribution >= 0.6 is 0 Å². The zero-order chi connectivity index (χ0) is 14.1. The number of hydrogen-bond donors (Lipinski definition) is 2. The Balaban J connectivity index is 1.69. The lowest BCUT2D eigenvalue weighted by Gasteiger charge is -2.36. The maximum absolute atomic E-state index is 3.60. The molecule has 0 bridgehead atoms. The van der Waals surface area contributed by atoms with Gasteiger partial charge in [-0.05, 0) is 54.0 Å². The fourth-order valence-electron chi connectivity index (χ4n) is 4.03. The lowest BCUT2D eigenvalue weighted by atomic mass is 9.68. The summed E-state index contributed by atoms with van der Waals surface area (Å²) in [5.41, 5.74) is 1.83.